The van der Waals surface area contributed by atoms with Gasteiger partial charge in [-0.1, -0.05) is 103 Å². The Kier molecular flexibility index (Phi) is 6.42. The summed E-state index contributed by atoms with van der Waals surface area (Å²) in [6, 6.07) is 65.5. The van der Waals surface area contributed by atoms with Crippen molar-refractivity contribution in [3.63, 3.8) is 0 Å². The predicted molar refractivity (Wildman–Crippen MR) is 221 cm³/mol. The second kappa shape index (κ2) is 11.5. The van der Waals surface area contributed by atoms with Crippen LogP contribution in [0.1, 0.15) is 0 Å². The van der Waals surface area contributed by atoms with E-state index in [2.05, 4.69) is 179 Å². The van der Waals surface area contributed by atoms with Gasteiger partial charge in [-0.15, -0.1) is 11.3 Å². The maximum atomic E-state index is 6.41. The van der Waals surface area contributed by atoms with Crippen molar-refractivity contribution in [2.45, 2.75) is 0 Å². The summed E-state index contributed by atoms with van der Waals surface area (Å²) in [6.45, 7) is 0. The van der Waals surface area contributed by atoms with Crippen molar-refractivity contribution in [2.24, 2.45) is 0 Å². The Morgan fingerprint density at radius 2 is 1.08 bits per heavy atom. The molecule has 0 spiro atoms. The van der Waals surface area contributed by atoms with Crippen LogP contribution in [0, 0.1) is 0 Å². The molecule has 0 saturated carbocycles. The summed E-state index contributed by atoms with van der Waals surface area (Å²) in [5.74, 6) is 0. The summed E-state index contributed by atoms with van der Waals surface area (Å²) in [5, 5.41) is 7.30. The molecule has 0 unspecified atom stereocenters. The topological polar surface area (TPSA) is 21.3 Å². The van der Waals surface area contributed by atoms with Gasteiger partial charge in [0.1, 0.15) is 11.2 Å². The van der Waals surface area contributed by atoms with Gasteiger partial charge < -0.3 is 13.9 Å². The molecule has 52 heavy (non-hydrogen) atoms. The highest BCUT2D eigenvalue weighted by Gasteiger charge is 2.20. The number of para-hydroxylation sites is 3. The first-order valence-electron chi connectivity index (χ1n) is 17.6. The third kappa shape index (κ3) is 4.45. The van der Waals surface area contributed by atoms with Gasteiger partial charge in [-0.25, -0.2) is 0 Å². The predicted octanol–water partition coefficient (Wildman–Crippen LogP) is 14.2. The average Bonchev–Trinajstić information content (AvgIpc) is 3.88. The second-order valence-corrected chi connectivity index (χ2v) is 14.4. The van der Waals surface area contributed by atoms with E-state index in [1.54, 1.807) is 0 Å². The quantitative estimate of drug-likeness (QED) is 0.180. The van der Waals surface area contributed by atoms with E-state index in [-0.39, 0.29) is 0 Å². The maximum Gasteiger partial charge on any atom is 0.137 e. The number of hydrogen-bond donors (Lipinski definition) is 0. The molecule has 8 aromatic carbocycles. The van der Waals surface area contributed by atoms with E-state index in [1.165, 1.54) is 53.1 Å². The lowest BCUT2D eigenvalue weighted by Crippen LogP contribution is -2.10. The van der Waals surface area contributed by atoms with Crippen LogP contribution in [-0.4, -0.2) is 4.57 Å². The van der Waals surface area contributed by atoms with E-state index in [0.717, 1.165) is 44.7 Å². The summed E-state index contributed by atoms with van der Waals surface area (Å²) in [6.07, 6.45) is 0. The Morgan fingerprint density at radius 3 is 1.96 bits per heavy atom. The Labute approximate surface area is 303 Å². The highest BCUT2D eigenvalue weighted by Crippen LogP contribution is 2.46. The van der Waals surface area contributed by atoms with Gasteiger partial charge in [0.25, 0.3) is 0 Å². The molecule has 244 valence electrons. The molecule has 11 rings (SSSR count). The first-order chi connectivity index (χ1) is 25.8. The fourth-order valence-corrected chi connectivity index (χ4v) is 9.16. The van der Waals surface area contributed by atoms with Gasteiger partial charge in [0.05, 0.1) is 16.7 Å². The minimum absolute atomic E-state index is 0.879. The van der Waals surface area contributed by atoms with Crippen molar-refractivity contribution >= 4 is 92.3 Å². The largest absolute Gasteiger partial charge is 0.456 e. The number of hydrogen-bond acceptors (Lipinski definition) is 3. The fourth-order valence-electron chi connectivity index (χ4n) is 8.03. The van der Waals surface area contributed by atoms with Crippen LogP contribution in [0.4, 0.5) is 17.1 Å². The number of aromatic nitrogens is 1. The van der Waals surface area contributed by atoms with E-state index < -0.39 is 0 Å². The summed E-state index contributed by atoms with van der Waals surface area (Å²) in [7, 11) is 0. The number of fused-ring (bicyclic) bond motifs is 9. The summed E-state index contributed by atoms with van der Waals surface area (Å²) in [4.78, 5) is 2.38. The number of nitrogens with zero attached hydrogens (tertiary/aromatic N) is 2. The molecule has 11 aromatic rings. The first kappa shape index (κ1) is 29.1. The van der Waals surface area contributed by atoms with Crippen LogP contribution >= 0.6 is 11.3 Å². The monoisotopic (exact) mass is 682 g/mol. The third-order valence-electron chi connectivity index (χ3n) is 10.4. The number of furan rings is 1. The van der Waals surface area contributed by atoms with Gasteiger partial charge in [-0.2, -0.15) is 0 Å². The van der Waals surface area contributed by atoms with Crippen LogP contribution in [0.5, 0.6) is 0 Å². The Morgan fingerprint density at radius 1 is 0.423 bits per heavy atom. The van der Waals surface area contributed by atoms with E-state index in [4.69, 9.17) is 4.42 Å². The Hall–Kier alpha value is -6.62. The van der Waals surface area contributed by atoms with Crippen molar-refractivity contribution in [3.8, 4) is 16.8 Å². The van der Waals surface area contributed by atoms with Crippen LogP contribution in [0.25, 0.3) is 80.7 Å². The maximum absolute atomic E-state index is 6.41. The zero-order valence-corrected chi connectivity index (χ0v) is 28.8. The van der Waals surface area contributed by atoms with E-state index in [9.17, 15) is 0 Å². The average molecular weight is 683 g/mol. The van der Waals surface area contributed by atoms with Crippen molar-refractivity contribution in [1.29, 1.82) is 0 Å². The molecule has 3 heterocycles. The third-order valence-corrected chi connectivity index (χ3v) is 11.5. The summed E-state index contributed by atoms with van der Waals surface area (Å²) >= 11 is 1.84. The van der Waals surface area contributed by atoms with Crippen LogP contribution in [0.3, 0.4) is 0 Å². The molecule has 0 aliphatic heterocycles. The standard InChI is InChI=1S/C48H30N2OS/c1-2-11-33(12-3-1)50-41-16-7-4-13-36(41)37-27-23-32(29-43(37)50)31-21-24-34(25-22-31)49(35-26-28-39-38-14-5-8-18-44(38)51-45(39)30-35)42-17-10-20-47-48(42)40-15-6-9-19-46(40)52-47/h1-30H. The smallest absolute Gasteiger partial charge is 0.137 e. The highest BCUT2D eigenvalue weighted by atomic mass is 32.1. The van der Waals surface area contributed by atoms with E-state index >= 15 is 0 Å². The molecule has 0 atom stereocenters. The van der Waals surface area contributed by atoms with Gasteiger partial charge in [-0.3, -0.25) is 0 Å². The number of thiophene rings is 1. The van der Waals surface area contributed by atoms with Crippen molar-refractivity contribution in [1.82, 2.24) is 4.57 Å². The number of benzene rings is 8. The zero-order valence-electron chi connectivity index (χ0n) is 28.0. The number of anilines is 3. The van der Waals surface area contributed by atoms with Gasteiger partial charge in [0.2, 0.25) is 0 Å². The van der Waals surface area contributed by atoms with Crippen LogP contribution in [0.2, 0.25) is 0 Å². The minimum atomic E-state index is 0.879. The molecule has 0 saturated heterocycles. The SMILES string of the molecule is c1ccc(-n2c3ccccc3c3ccc(-c4ccc(N(c5ccc6c(c5)oc5ccccc56)c5cccc6sc7ccccc7c56)cc4)cc32)cc1. The van der Waals surface area contributed by atoms with Crippen molar-refractivity contribution in [3.05, 3.63) is 182 Å². The molecular formula is C48H30N2OS. The molecule has 0 N–H and O–H groups in total. The molecule has 0 amide bonds. The number of rotatable bonds is 5. The second-order valence-electron chi connectivity index (χ2n) is 13.3. The minimum Gasteiger partial charge on any atom is -0.456 e. The lowest BCUT2D eigenvalue weighted by molar-refractivity contribution is 0.669. The lowest BCUT2D eigenvalue weighted by atomic mass is 10.0. The summed E-state index contributed by atoms with van der Waals surface area (Å²) in [5.41, 5.74) is 11.0. The van der Waals surface area contributed by atoms with Crippen molar-refractivity contribution in [2.75, 3.05) is 4.90 Å². The van der Waals surface area contributed by atoms with Crippen molar-refractivity contribution < 1.29 is 4.42 Å². The van der Waals surface area contributed by atoms with Gasteiger partial charge >= 0.3 is 0 Å². The molecule has 0 aliphatic rings. The molecule has 0 fully saturated rings. The van der Waals surface area contributed by atoms with E-state index in [0.29, 0.717) is 0 Å². The van der Waals surface area contributed by atoms with Gasteiger partial charge in [0.15, 0.2) is 0 Å². The molecule has 3 nitrogen and oxygen atoms in total. The van der Waals surface area contributed by atoms with Crippen LogP contribution in [-0.2, 0) is 0 Å². The molecule has 0 aliphatic carbocycles. The normalized spacial score (nSPS) is 11.8. The fraction of sp³-hybridized carbons (Fsp3) is 0. The molecule has 4 heteroatoms. The molecular weight excluding hydrogens is 653 g/mol. The van der Waals surface area contributed by atoms with Gasteiger partial charge in [0, 0.05) is 64.8 Å². The first-order valence-corrected chi connectivity index (χ1v) is 18.4. The Balaban J connectivity index is 1.08. The molecule has 3 aromatic heterocycles. The van der Waals surface area contributed by atoms with Crippen LogP contribution in [0.15, 0.2) is 186 Å². The van der Waals surface area contributed by atoms with E-state index in [1.807, 2.05) is 23.5 Å². The summed E-state index contributed by atoms with van der Waals surface area (Å²) < 4.78 is 11.3. The molecule has 0 bridgehead atoms. The molecule has 0 radical (unpaired) electrons. The lowest BCUT2D eigenvalue weighted by Gasteiger charge is -2.26. The Bertz CT molecular complexity index is 3130. The van der Waals surface area contributed by atoms with Gasteiger partial charge in [-0.05, 0) is 83.9 Å². The van der Waals surface area contributed by atoms with Crippen LogP contribution < -0.4 is 4.90 Å². The zero-order chi connectivity index (χ0) is 34.2. The highest BCUT2D eigenvalue weighted by molar-refractivity contribution is 7.26.